The van der Waals surface area contributed by atoms with Gasteiger partial charge in [0, 0.05) is 11.8 Å². The first-order valence-corrected chi connectivity index (χ1v) is 6.59. The van der Waals surface area contributed by atoms with Gasteiger partial charge in [-0.1, -0.05) is 38.1 Å². The summed E-state index contributed by atoms with van der Waals surface area (Å²) in [6, 6.07) is 10.7. The Bertz CT molecular complexity index is 541. The Labute approximate surface area is 110 Å². The highest BCUT2D eigenvalue weighted by atomic mass is 14.7. The van der Waals surface area contributed by atoms with Crippen molar-refractivity contribution < 1.29 is 0 Å². The Morgan fingerprint density at radius 2 is 1.78 bits per heavy atom. The molecule has 0 saturated heterocycles. The van der Waals surface area contributed by atoms with Gasteiger partial charge >= 0.3 is 0 Å². The van der Waals surface area contributed by atoms with E-state index >= 15 is 0 Å². The van der Waals surface area contributed by atoms with E-state index in [0.717, 1.165) is 12.1 Å². The third kappa shape index (κ3) is 2.79. The van der Waals surface area contributed by atoms with Gasteiger partial charge in [0.1, 0.15) is 0 Å². The molecule has 0 aliphatic carbocycles. The molecule has 1 nitrogen and oxygen atoms in total. The molecule has 94 valence electrons. The van der Waals surface area contributed by atoms with Gasteiger partial charge in [0.15, 0.2) is 0 Å². The molecule has 0 bridgehead atoms. The summed E-state index contributed by atoms with van der Waals surface area (Å²) in [5.41, 5.74) is 6.32. The molecular weight excluding hydrogens is 218 g/mol. The van der Waals surface area contributed by atoms with E-state index in [0.29, 0.717) is 5.92 Å². The lowest BCUT2D eigenvalue weighted by atomic mass is 9.97. The van der Waals surface area contributed by atoms with Crippen molar-refractivity contribution in [3.63, 3.8) is 0 Å². The molecule has 1 aromatic carbocycles. The van der Waals surface area contributed by atoms with E-state index in [1.54, 1.807) is 0 Å². The van der Waals surface area contributed by atoms with Crippen LogP contribution in [0.25, 0.3) is 11.3 Å². The van der Waals surface area contributed by atoms with Crippen molar-refractivity contribution in [3.05, 3.63) is 53.2 Å². The standard InChI is InChI=1S/C17H21N/c1-12(2)9-15-10-17(18-11-14(15)4)16-8-6-5-7-13(16)3/h5-8,10-12H,9H2,1-4H3. The van der Waals surface area contributed by atoms with Gasteiger partial charge < -0.3 is 0 Å². The lowest BCUT2D eigenvalue weighted by molar-refractivity contribution is 0.644. The van der Waals surface area contributed by atoms with Crippen molar-refractivity contribution in [1.29, 1.82) is 0 Å². The van der Waals surface area contributed by atoms with Crippen LogP contribution in [0.4, 0.5) is 0 Å². The van der Waals surface area contributed by atoms with E-state index in [1.165, 1.54) is 22.3 Å². The number of nitrogens with zero attached hydrogens (tertiary/aromatic N) is 1. The molecule has 0 fully saturated rings. The molecular formula is C17H21N. The molecule has 0 radical (unpaired) electrons. The van der Waals surface area contributed by atoms with E-state index in [2.05, 4.69) is 63.0 Å². The van der Waals surface area contributed by atoms with Crippen LogP contribution in [-0.4, -0.2) is 4.98 Å². The summed E-state index contributed by atoms with van der Waals surface area (Å²) in [6.45, 7) is 8.80. The Hall–Kier alpha value is -1.63. The molecule has 0 aliphatic rings. The second-order valence-corrected chi connectivity index (χ2v) is 5.41. The topological polar surface area (TPSA) is 12.9 Å². The average Bonchev–Trinajstić information content (AvgIpc) is 2.32. The first kappa shape index (κ1) is 12.8. The van der Waals surface area contributed by atoms with Crippen LogP contribution in [-0.2, 0) is 6.42 Å². The first-order chi connectivity index (χ1) is 8.58. The van der Waals surface area contributed by atoms with E-state index in [9.17, 15) is 0 Å². The van der Waals surface area contributed by atoms with Crippen molar-refractivity contribution >= 4 is 0 Å². The Kier molecular flexibility index (Phi) is 3.81. The maximum absolute atomic E-state index is 4.58. The summed E-state index contributed by atoms with van der Waals surface area (Å²) < 4.78 is 0. The molecule has 0 N–H and O–H groups in total. The van der Waals surface area contributed by atoms with Gasteiger partial charge in [0.2, 0.25) is 0 Å². The Balaban J connectivity index is 2.44. The van der Waals surface area contributed by atoms with Crippen LogP contribution >= 0.6 is 0 Å². The van der Waals surface area contributed by atoms with Gasteiger partial charge in [0.05, 0.1) is 5.69 Å². The predicted octanol–water partition coefficient (Wildman–Crippen LogP) is 4.56. The monoisotopic (exact) mass is 239 g/mol. The summed E-state index contributed by atoms with van der Waals surface area (Å²) in [5, 5.41) is 0. The first-order valence-electron chi connectivity index (χ1n) is 6.59. The summed E-state index contributed by atoms with van der Waals surface area (Å²) in [7, 11) is 0. The van der Waals surface area contributed by atoms with Crippen LogP contribution in [0.1, 0.15) is 30.5 Å². The second-order valence-electron chi connectivity index (χ2n) is 5.41. The van der Waals surface area contributed by atoms with Crippen LogP contribution in [0.5, 0.6) is 0 Å². The van der Waals surface area contributed by atoms with Crippen LogP contribution < -0.4 is 0 Å². The van der Waals surface area contributed by atoms with Crippen molar-refractivity contribution in [1.82, 2.24) is 4.98 Å². The highest BCUT2D eigenvalue weighted by Gasteiger charge is 2.07. The molecule has 2 rings (SSSR count). The van der Waals surface area contributed by atoms with Gasteiger partial charge in [-0.25, -0.2) is 0 Å². The minimum Gasteiger partial charge on any atom is -0.256 e. The quantitative estimate of drug-likeness (QED) is 0.765. The summed E-state index contributed by atoms with van der Waals surface area (Å²) >= 11 is 0. The zero-order chi connectivity index (χ0) is 13.1. The van der Waals surface area contributed by atoms with E-state index < -0.39 is 0 Å². The van der Waals surface area contributed by atoms with Crippen LogP contribution in [0.3, 0.4) is 0 Å². The third-order valence-corrected chi connectivity index (χ3v) is 3.26. The van der Waals surface area contributed by atoms with Gasteiger partial charge in [-0.15, -0.1) is 0 Å². The van der Waals surface area contributed by atoms with Crippen molar-refractivity contribution in [2.75, 3.05) is 0 Å². The van der Waals surface area contributed by atoms with Crippen molar-refractivity contribution in [3.8, 4) is 11.3 Å². The van der Waals surface area contributed by atoms with Gasteiger partial charge in [-0.2, -0.15) is 0 Å². The minimum atomic E-state index is 0.677. The highest BCUT2D eigenvalue weighted by molar-refractivity contribution is 5.64. The number of hydrogen-bond donors (Lipinski definition) is 0. The van der Waals surface area contributed by atoms with Gasteiger partial charge in [0.25, 0.3) is 0 Å². The van der Waals surface area contributed by atoms with E-state index in [1.807, 2.05) is 6.20 Å². The van der Waals surface area contributed by atoms with Gasteiger partial charge in [-0.05, 0) is 48.9 Å². The number of pyridine rings is 1. The maximum Gasteiger partial charge on any atom is 0.0707 e. The average molecular weight is 239 g/mol. The number of aryl methyl sites for hydroxylation is 2. The van der Waals surface area contributed by atoms with Gasteiger partial charge in [-0.3, -0.25) is 4.98 Å². The van der Waals surface area contributed by atoms with Crippen LogP contribution in [0.2, 0.25) is 0 Å². The molecule has 1 heteroatoms. The Morgan fingerprint density at radius 1 is 1.06 bits per heavy atom. The Morgan fingerprint density at radius 3 is 2.44 bits per heavy atom. The fourth-order valence-corrected chi connectivity index (χ4v) is 2.23. The van der Waals surface area contributed by atoms with E-state index in [4.69, 9.17) is 0 Å². The summed E-state index contributed by atoms with van der Waals surface area (Å²) in [5.74, 6) is 0.677. The van der Waals surface area contributed by atoms with E-state index in [-0.39, 0.29) is 0 Å². The lowest BCUT2D eigenvalue weighted by Crippen LogP contribution is -1.99. The fourth-order valence-electron chi connectivity index (χ4n) is 2.23. The van der Waals surface area contributed by atoms with Crippen LogP contribution in [0.15, 0.2) is 36.5 Å². The number of aromatic nitrogens is 1. The number of benzene rings is 1. The molecule has 0 atom stereocenters. The SMILES string of the molecule is Cc1cnc(-c2ccccc2C)cc1CC(C)C. The third-order valence-electron chi connectivity index (χ3n) is 3.26. The highest BCUT2D eigenvalue weighted by Crippen LogP contribution is 2.24. The smallest absolute Gasteiger partial charge is 0.0707 e. The summed E-state index contributed by atoms with van der Waals surface area (Å²) in [4.78, 5) is 4.58. The number of hydrogen-bond acceptors (Lipinski definition) is 1. The molecule has 18 heavy (non-hydrogen) atoms. The van der Waals surface area contributed by atoms with Crippen LogP contribution in [0, 0.1) is 19.8 Å². The molecule has 0 unspecified atom stereocenters. The zero-order valence-corrected chi connectivity index (χ0v) is 11.7. The molecule has 1 aromatic heterocycles. The molecule has 1 heterocycles. The summed E-state index contributed by atoms with van der Waals surface area (Å²) in [6.07, 6.45) is 3.12. The normalized spacial score (nSPS) is 10.9. The largest absolute Gasteiger partial charge is 0.256 e. The zero-order valence-electron chi connectivity index (χ0n) is 11.7. The molecule has 0 saturated carbocycles. The second kappa shape index (κ2) is 5.34. The number of rotatable bonds is 3. The molecule has 0 amide bonds. The maximum atomic E-state index is 4.58. The van der Waals surface area contributed by atoms with Crippen molar-refractivity contribution in [2.24, 2.45) is 5.92 Å². The molecule has 2 aromatic rings. The molecule has 0 spiro atoms. The predicted molar refractivity (Wildman–Crippen MR) is 77.7 cm³/mol. The minimum absolute atomic E-state index is 0.677. The fraction of sp³-hybridized carbons (Fsp3) is 0.353. The lowest BCUT2D eigenvalue weighted by Gasteiger charge is -2.11. The van der Waals surface area contributed by atoms with Crippen molar-refractivity contribution in [2.45, 2.75) is 34.1 Å². The molecule has 0 aliphatic heterocycles.